The molecule has 21 heavy (non-hydrogen) atoms. The predicted molar refractivity (Wildman–Crippen MR) is 88.8 cm³/mol. The van der Waals surface area contributed by atoms with Crippen molar-refractivity contribution < 1.29 is 9.53 Å². The summed E-state index contributed by atoms with van der Waals surface area (Å²) in [5, 5.41) is 0. The SMILES string of the molecule is COc1cc(Br)ccc1C(=O)N1CC=C(C(C)(C)C)CC1. The highest BCUT2D eigenvalue weighted by molar-refractivity contribution is 9.10. The lowest BCUT2D eigenvalue weighted by Crippen LogP contribution is -2.36. The van der Waals surface area contributed by atoms with E-state index in [4.69, 9.17) is 4.74 Å². The summed E-state index contributed by atoms with van der Waals surface area (Å²) >= 11 is 3.40. The summed E-state index contributed by atoms with van der Waals surface area (Å²) < 4.78 is 6.23. The molecule has 114 valence electrons. The fraction of sp³-hybridized carbons (Fsp3) is 0.471. The van der Waals surface area contributed by atoms with Gasteiger partial charge in [0.15, 0.2) is 0 Å². The number of carbonyl (C=O) groups excluding carboxylic acids is 1. The van der Waals surface area contributed by atoms with Crippen molar-refractivity contribution in [2.75, 3.05) is 20.2 Å². The van der Waals surface area contributed by atoms with Crippen LogP contribution in [0.5, 0.6) is 5.75 Å². The van der Waals surface area contributed by atoms with Crippen molar-refractivity contribution >= 4 is 21.8 Å². The number of benzene rings is 1. The maximum Gasteiger partial charge on any atom is 0.257 e. The van der Waals surface area contributed by atoms with Crippen LogP contribution in [0.4, 0.5) is 0 Å². The maximum absolute atomic E-state index is 12.6. The van der Waals surface area contributed by atoms with Gasteiger partial charge in [0.25, 0.3) is 5.91 Å². The van der Waals surface area contributed by atoms with Gasteiger partial charge >= 0.3 is 0 Å². The Bertz CT molecular complexity index is 573. The van der Waals surface area contributed by atoms with Crippen molar-refractivity contribution in [2.24, 2.45) is 5.41 Å². The Morgan fingerprint density at radius 2 is 2.05 bits per heavy atom. The monoisotopic (exact) mass is 351 g/mol. The molecule has 0 aromatic heterocycles. The van der Waals surface area contributed by atoms with Crippen LogP contribution < -0.4 is 4.74 Å². The molecule has 0 unspecified atom stereocenters. The summed E-state index contributed by atoms with van der Waals surface area (Å²) in [6, 6.07) is 5.51. The molecule has 1 aromatic carbocycles. The number of rotatable bonds is 2. The number of amides is 1. The molecule has 0 saturated heterocycles. The molecule has 0 bridgehead atoms. The Hall–Kier alpha value is -1.29. The molecule has 0 radical (unpaired) electrons. The average molecular weight is 352 g/mol. The van der Waals surface area contributed by atoms with Crippen LogP contribution in [0.15, 0.2) is 34.3 Å². The number of hydrogen-bond donors (Lipinski definition) is 0. The summed E-state index contributed by atoms with van der Waals surface area (Å²) in [4.78, 5) is 14.5. The molecule has 0 atom stereocenters. The van der Waals surface area contributed by atoms with Crippen LogP contribution in [0.25, 0.3) is 0 Å². The molecule has 1 aliphatic heterocycles. The Morgan fingerprint density at radius 3 is 2.57 bits per heavy atom. The molecule has 1 aliphatic rings. The summed E-state index contributed by atoms with van der Waals surface area (Å²) in [7, 11) is 1.59. The predicted octanol–water partition coefficient (Wildman–Crippen LogP) is 4.28. The zero-order valence-corrected chi connectivity index (χ0v) is 14.7. The molecule has 1 heterocycles. The van der Waals surface area contributed by atoms with Crippen LogP contribution in [-0.4, -0.2) is 31.0 Å². The standard InChI is InChI=1S/C17H22BrNO2/c1-17(2,3)12-7-9-19(10-8-12)16(20)14-6-5-13(18)11-15(14)21-4/h5-7,11H,8-10H2,1-4H3. The minimum atomic E-state index is 0.0311. The van der Waals surface area contributed by atoms with Crippen molar-refractivity contribution in [3.05, 3.63) is 39.9 Å². The second-order valence-corrected chi connectivity index (χ2v) is 7.24. The van der Waals surface area contributed by atoms with E-state index in [1.54, 1.807) is 7.11 Å². The minimum Gasteiger partial charge on any atom is -0.496 e. The Kier molecular flexibility index (Phi) is 4.77. The normalized spacial score (nSPS) is 15.7. The fourth-order valence-corrected chi connectivity index (χ4v) is 2.89. The van der Waals surface area contributed by atoms with Gasteiger partial charge in [0.1, 0.15) is 5.75 Å². The Labute approximate surface area is 135 Å². The van der Waals surface area contributed by atoms with Gasteiger partial charge in [-0.3, -0.25) is 4.79 Å². The third-order valence-electron chi connectivity index (χ3n) is 3.85. The third-order valence-corrected chi connectivity index (χ3v) is 4.35. The first kappa shape index (κ1) is 16.1. The summed E-state index contributed by atoms with van der Waals surface area (Å²) in [6.45, 7) is 8.09. The molecule has 0 N–H and O–H groups in total. The van der Waals surface area contributed by atoms with Crippen LogP contribution in [0.3, 0.4) is 0 Å². The average Bonchev–Trinajstić information content (AvgIpc) is 2.45. The van der Waals surface area contributed by atoms with E-state index < -0.39 is 0 Å². The molecular weight excluding hydrogens is 330 g/mol. The first-order valence-corrected chi connectivity index (χ1v) is 7.94. The van der Waals surface area contributed by atoms with Crippen molar-refractivity contribution in [2.45, 2.75) is 27.2 Å². The highest BCUT2D eigenvalue weighted by Crippen LogP contribution is 2.31. The topological polar surface area (TPSA) is 29.5 Å². The first-order chi connectivity index (χ1) is 9.82. The van der Waals surface area contributed by atoms with Crippen LogP contribution in [-0.2, 0) is 0 Å². The van der Waals surface area contributed by atoms with Gasteiger partial charge in [0.2, 0.25) is 0 Å². The number of hydrogen-bond acceptors (Lipinski definition) is 2. The molecule has 1 amide bonds. The number of nitrogens with zero attached hydrogens (tertiary/aromatic N) is 1. The van der Waals surface area contributed by atoms with Gasteiger partial charge < -0.3 is 9.64 Å². The van der Waals surface area contributed by atoms with Crippen LogP contribution in [0.2, 0.25) is 0 Å². The molecular formula is C17H22BrNO2. The van der Waals surface area contributed by atoms with Gasteiger partial charge in [-0.1, -0.05) is 48.4 Å². The molecule has 0 aliphatic carbocycles. The highest BCUT2D eigenvalue weighted by Gasteiger charge is 2.25. The Balaban J connectivity index is 2.18. The van der Waals surface area contributed by atoms with E-state index in [2.05, 4.69) is 42.8 Å². The second-order valence-electron chi connectivity index (χ2n) is 6.33. The van der Waals surface area contributed by atoms with Crippen molar-refractivity contribution in [1.29, 1.82) is 0 Å². The summed E-state index contributed by atoms with van der Waals surface area (Å²) in [5.41, 5.74) is 2.23. The summed E-state index contributed by atoms with van der Waals surface area (Å²) in [6.07, 6.45) is 3.13. The number of ether oxygens (including phenoxy) is 1. The number of methoxy groups -OCH3 is 1. The molecule has 4 heteroatoms. The van der Waals surface area contributed by atoms with E-state index in [-0.39, 0.29) is 11.3 Å². The fourth-order valence-electron chi connectivity index (χ4n) is 2.55. The quantitative estimate of drug-likeness (QED) is 0.744. The largest absolute Gasteiger partial charge is 0.496 e. The molecule has 0 spiro atoms. The second kappa shape index (κ2) is 6.22. The van der Waals surface area contributed by atoms with Gasteiger partial charge in [-0.25, -0.2) is 0 Å². The van der Waals surface area contributed by atoms with Gasteiger partial charge in [0.05, 0.1) is 12.7 Å². The highest BCUT2D eigenvalue weighted by atomic mass is 79.9. The minimum absolute atomic E-state index is 0.0311. The number of halogens is 1. The number of carbonyl (C=O) groups is 1. The smallest absolute Gasteiger partial charge is 0.257 e. The lowest BCUT2D eigenvalue weighted by molar-refractivity contribution is 0.0761. The lowest BCUT2D eigenvalue weighted by Gasteiger charge is -2.32. The molecule has 1 aromatic rings. The van der Waals surface area contributed by atoms with Gasteiger partial charge in [-0.05, 0) is 30.0 Å². The lowest BCUT2D eigenvalue weighted by atomic mass is 9.83. The maximum atomic E-state index is 12.6. The molecule has 0 fully saturated rings. The van der Waals surface area contributed by atoms with E-state index in [0.717, 1.165) is 17.4 Å². The Morgan fingerprint density at radius 1 is 1.33 bits per heavy atom. The molecule has 3 nitrogen and oxygen atoms in total. The van der Waals surface area contributed by atoms with Crippen molar-refractivity contribution in [3.8, 4) is 5.75 Å². The van der Waals surface area contributed by atoms with Crippen LogP contribution in [0, 0.1) is 5.41 Å². The van der Waals surface area contributed by atoms with Gasteiger partial charge in [-0.15, -0.1) is 0 Å². The zero-order valence-electron chi connectivity index (χ0n) is 13.1. The van der Waals surface area contributed by atoms with E-state index in [9.17, 15) is 4.79 Å². The third kappa shape index (κ3) is 3.67. The van der Waals surface area contributed by atoms with E-state index in [0.29, 0.717) is 17.9 Å². The van der Waals surface area contributed by atoms with E-state index >= 15 is 0 Å². The van der Waals surface area contributed by atoms with Crippen LogP contribution >= 0.6 is 15.9 Å². The van der Waals surface area contributed by atoms with Crippen molar-refractivity contribution in [1.82, 2.24) is 4.90 Å². The van der Waals surface area contributed by atoms with E-state index in [1.807, 2.05) is 23.1 Å². The first-order valence-electron chi connectivity index (χ1n) is 7.15. The van der Waals surface area contributed by atoms with Gasteiger partial charge in [-0.2, -0.15) is 0 Å². The summed E-state index contributed by atoms with van der Waals surface area (Å²) in [5.74, 6) is 0.642. The van der Waals surface area contributed by atoms with Crippen molar-refractivity contribution in [3.63, 3.8) is 0 Å². The molecule has 0 saturated carbocycles. The van der Waals surface area contributed by atoms with Crippen LogP contribution in [0.1, 0.15) is 37.6 Å². The van der Waals surface area contributed by atoms with Gasteiger partial charge in [0, 0.05) is 17.6 Å². The zero-order chi connectivity index (χ0) is 15.6. The van der Waals surface area contributed by atoms with E-state index in [1.165, 1.54) is 5.57 Å². The molecule has 2 rings (SSSR count).